The van der Waals surface area contributed by atoms with Gasteiger partial charge >= 0.3 is 0 Å². The zero-order chi connectivity index (χ0) is 14.0. The molecule has 1 aromatic carbocycles. The Labute approximate surface area is 112 Å². The second-order valence-electron chi connectivity index (χ2n) is 5.51. The molecule has 1 heterocycles. The van der Waals surface area contributed by atoms with Gasteiger partial charge in [-0.3, -0.25) is 4.79 Å². The maximum atomic E-state index is 11.9. The highest BCUT2D eigenvalue weighted by atomic mass is 16.3. The summed E-state index contributed by atoms with van der Waals surface area (Å²) in [4.78, 5) is 16.2. The summed E-state index contributed by atoms with van der Waals surface area (Å²) in [6.45, 7) is 6.21. The van der Waals surface area contributed by atoms with E-state index in [1.807, 2.05) is 13.8 Å². The summed E-state index contributed by atoms with van der Waals surface area (Å²) in [7, 11) is 0. The third kappa shape index (κ3) is 3.32. The van der Waals surface area contributed by atoms with Crippen molar-refractivity contribution >= 4 is 22.7 Å². The second kappa shape index (κ2) is 5.01. The van der Waals surface area contributed by atoms with Crippen molar-refractivity contribution in [3.05, 3.63) is 24.1 Å². The minimum atomic E-state index is -0.196. The topological polar surface area (TPSA) is 81.2 Å². The van der Waals surface area contributed by atoms with Gasteiger partial charge in [0.05, 0.1) is 0 Å². The Balaban J connectivity index is 2.10. The van der Waals surface area contributed by atoms with Crippen LogP contribution in [0.1, 0.15) is 26.2 Å². The number of hydrogen-bond acceptors (Lipinski definition) is 4. The number of carbonyl (C=O) groups excluding carboxylic acids is 1. The number of amides is 1. The van der Waals surface area contributed by atoms with E-state index in [0.29, 0.717) is 18.9 Å². The third-order valence-corrected chi connectivity index (χ3v) is 2.97. The number of aromatic nitrogens is 1. The van der Waals surface area contributed by atoms with Gasteiger partial charge in [0, 0.05) is 19.0 Å². The molecule has 0 saturated carbocycles. The number of nitrogens with two attached hydrogens (primary N) is 1. The van der Waals surface area contributed by atoms with Crippen LogP contribution in [0.4, 0.5) is 5.69 Å². The number of rotatable bonds is 4. The van der Waals surface area contributed by atoms with E-state index < -0.39 is 0 Å². The van der Waals surface area contributed by atoms with Crippen molar-refractivity contribution in [2.24, 2.45) is 11.1 Å². The van der Waals surface area contributed by atoms with Crippen molar-refractivity contribution in [1.29, 1.82) is 0 Å². The Morgan fingerprint density at radius 2 is 2.21 bits per heavy atom. The molecule has 19 heavy (non-hydrogen) atoms. The van der Waals surface area contributed by atoms with E-state index in [4.69, 9.17) is 10.2 Å². The highest BCUT2D eigenvalue weighted by Gasteiger charge is 2.20. The summed E-state index contributed by atoms with van der Waals surface area (Å²) < 4.78 is 5.39. The smallest absolute Gasteiger partial charge is 0.224 e. The molecule has 0 aliphatic heterocycles. The molecule has 2 aromatic rings. The van der Waals surface area contributed by atoms with Gasteiger partial charge < -0.3 is 15.5 Å². The summed E-state index contributed by atoms with van der Waals surface area (Å²) in [6.07, 6.45) is 0.388. The Morgan fingerprint density at radius 1 is 1.47 bits per heavy atom. The number of carbonyl (C=O) groups is 1. The van der Waals surface area contributed by atoms with Crippen molar-refractivity contribution in [2.45, 2.75) is 27.2 Å². The van der Waals surface area contributed by atoms with Gasteiger partial charge in [-0.15, -0.1) is 0 Å². The highest BCUT2D eigenvalue weighted by molar-refractivity contribution is 5.93. The monoisotopic (exact) mass is 261 g/mol. The largest absolute Gasteiger partial charge is 0.441 e. The lowest BCUT2D eigenvalue weighted by molar-refractivity contribution is -0.117. The minimum absolute atomic E-state index is 0.0463. The molecule has 0 radical (unpaired) electrons. The van der Waals surface area contributed by atoms with Crippen LogP contribution < -0.4 is 11.1 Å². The summed E-state index contributed by atoms with van der Waals surface area (Å²) in [5.74, 6) is 0.567. The molecule has 102 valence electrons. The molecule has 0 spiro atoms. The van der Waals surface area contributed by atoms with Gasteiger partial charge in [0.1, 0.15) is 5.52 Å². The van der Waals surface area contributed by atoms with Gasteiger partial charge in [-0.1, -0.05) is 13.8 Å². The lowest BCUT2D eigenvalue weighted by Crippen LogP contribution is -2.29. The maximum Gasteiger partial charge on any atom is 0.224 e. The Kier molecular flexibility index (Phi) is 3.57. The molecule has 0 bridgehead atoms. The molecule has 1 amide bonds. The lowest BCUT2D eigenvalue weighted by Gasteiger charge is -2.21. The SMILES string of the molecule is Cc1nc2cc(NC(=O)CC(C)(C)CN)ccc2o1. The van der Waals surface area contributed by atoms with Crippen LogP contribution in [0.25, 0.3) is 11.1 Å². The molecule has 0 fully saturated rings. The van der Waals surface area contributed by atoms with Gasteiger partial charge in [0.2, 0.25) is 5.91 Å². The first-order valence-corrected chi connectivity index (χ1v) is 6.27. The van der Waals surface area contributed by atoms with Gasteiger partial charge in [-0.05, 0) is 30.2 Å². The first kappa shape index (κ1) is 13.5. The summed E-state index contributed by atoms with van der Waals surface area (Å²) in [5.41, 5.74) is 7.61. The first-order chi connectivity index (χ1) is 8.89. The van der Waals surface area contributed by atoms with Crippen molar-refractivity contribution in [3.8, 4) is 0 Å². The standard InChI is InChI=1S/C14H19N3O2/c1-9-16-11-6-10(4-5-12(11)19-9)17-13(18)7-14(2,3)8-15/h4-6H,7-8,15H2,1-3H3,(H,17,18). The average molecular weight is 261 g/mol. The normalized spacial score (nSPS) is 11.8. The van der Waals surface area contributed by atoms with E-state index in [1.165, 1.54) is 0 Å². The van der Waals surface area contributed by atoms with E-state index in [1.54, 1.807) is 25.1 Å². The highest BCUT2D eigenvalue weighted by Crippen LogP contribution is 2.22. The number of nitrogens with zero attached hydrogens (tertiary/aromatic N) is 1. The summed E-state index contributed by atoms with van der Waals surface area (Å²) in [6, 6.07) is 5.42. The van der Waals surface area contributed by atoms with E-state index in [-0.39, 0.29) is 11.3 Å². The molecular weight excluding hydrogens is 242 g/mol. The van der Waals surface area contributed by atoms with Crippen molar-refractivity contribution in [1.82, 2.24) is 4.98 Å². The number of fused-ring (bicyclic) bond motifs is 1. The van der Waals surface area contributed by atoms with Crippen LogP contribution in [0, 0.1) is 12.3 Å². The van der Waals surface area contributed by atoms with Crippen LogP contribution in [-0.4, -0.2) is 17.4 Å². The van der Waals surface area contributed by atoms with E-state index in [0.717, 1.165) is 16.8 Å². The van der Waals surface area contributed by atoms with Gasteiger partial charge in [-0.2, -0.15) is 0 Å². The Hall–Kier alpha value is -1.88. The van der Waals surface area contributed by atoms with Crippen LogP contribution in [0.15, 0.2) is 22.6 Å². The van der Waals surface area contributed by atoms with Crippen LogP contribution >= 0.6 is 0 Å². The van der Waals surface area contributed by atoms with Crippen LogP contribution in [0.3, 0.4) is 0 Å². The van der Waals surface area contributed by atoms with Crippen molar-refractivity contribution in [3.63, 3.8) is 0 Å². The fourth-order valence-corrected chi connectivity index (χ4v) is 1.83. The van der Waals surface area contributed by atoms with Crippen molar-refractivity contribution < 1.29 is 9.21 Å². The molecule has 0 aliphatic rings. The van der Waals surface area contributed by atoms with E-state index in [2.05, 4.69) is 10.3 Å². The average Bonchev–Trinajstić information content (AvgIpc) is 2.67. The fraction of sp³-hybridized carbons (Fsp3) is 0.429. The van der Waals surface area contributed by atoms with E-state index in [9.17, 15) is 4.79 Å². The van der Waals surface area contributed by atoms with Gasteiger partial charge in [0.15, 0.2) is 11.5 Å². The Morgan fingerprint density at radius 3 is 2.89 bits per heavy atom. The maximum absolute atomic E-state index is 11.9. The lowest BCUT2D eigenvalue weighted by atomic mass is 9.89. The molecule has 0 unspecified atom stereocenters. The van der Waals surface area contributed by atoms with Crippen LogP contribution in [-0.2, 0) is 4.79 Å². The molecule has 0 aliphatic carbocycles. The number of benzene rings is 1. The molecule has 2 rings (SSSR count). The minimum Gasteiger partial charge on any atom is -0.441 e. The number of nitrogens with one attached hydrogen (secondary N) is 1. The summed E-state index contributed by atoms with van der Waals surface area (Å²) in [5, 5.41) is 2.86. The Bertz CT molecular complexity index is 602. The fourth-order valence-electron chi connectivity index (χ4n) is 1.83. The molecule has 1 aromatic heterocycles. The summed E-state index contributed by atoms with van der Waals surface area (Å²) >= 11 is 0. The predicted octanol–water partition coefficient (Wildman–Crippen LogP) is 2.45. The second-order valence-corrected chi connectivity index (χ2v) is 5.51. The van der Waals surface area contributed by atoms with E-state index >= 15 is 0 Å². The predicted molar refractivity (Wildman–Crippen MR) is 74.8 cm³/mol. The number of hydrogen-bond donors (Lipinski definition) is 2. The van der Waals surface area contributed by atoms with Crippen molar-refractivity contribution in [2.75, 3.05) is 11.9 Å². The molecule has 3 N–H and O–H groups in total. The van der Waals surface area contributed by atoms with Gasteiger partial charge in [-0.25, -0.2) is 4.98 Å². The molecular formula is C14H19N3O2. The number of aryl methyl sites for hydroxylation is 1. The molecule has 5 heteroatoms. The molecule has 0 atom stereocenters. The zero-order valence-corrected chi connectivity index (χ0v) is 11.5. The molecule has 0 saturated heterocycles. The quantitative estimate of drug-likeness (QED) is 0.885. The van der Waals surface area contributed by atoms with Crippen LogP contribution in [0.2, 0.25) is 0 Å². The van der Waals surface area contributed by atoms with Gasteiger partial charge in [0.25, 0.3) is 0 Å². The first-order valence-electron chi connectivity index (χ1n) is 6.27. The number of anilines is 1. The van der Waals surface area contributed by atoms with Crippen LogP contribution in [0.5, 0.6) is 0 Å². The molecule has 5 nitrogen and oxygen atoms in total. The number of oxazole rings is 1. The third-order valence-electron chi connectivity index (χ3n) is 2.97. The zero-order valence-electron chi connectivity index (χ0n) is 11.5.